The molecule has 86 valence electrons. The molecule has 0 saturated heterocycles. The van der Waals surface area contributed by atoms with Gasteiger partial charge in [0.05, 0.1) is 18.1 Å². The average Bonchev–Trinajstić information content (AvgIpc) is 2.02. The zero-order valence-electron chi connectivity index (χ0n) is 8.56. The van der Waals surface area contributed by atoms with Gasteiger partial charge in [-0.15, -0.1) is 0 Å². The summed E-state index contributed by atoms with van der Waals surface area (Å²) in [5, 5.41) is -0.561. The van der Waals surface area contributed by atoms with Crippen LogP contribution in [0, 0.1) is 0 Å². The topological polar surface area (TPSA) is 77.5 Å². The highest BCUT2D eigenvalue weighted by Crippen LogP contribution is 2.07. The maximum absolute atomic E-state index is 11.2. The van der Waals surface area contributed by atoms with Crippen molar-refractivity contribution in [2.45, 2.75) is 25.5 Å². The molecule has 1 unspecified atom stereocenters. The Balaban J connectivity index is 4.06. The summed E-state index contributed by atoms with van der Waals surface area (Å²) in [4.78, 5) is 0. The minimum Gasteiger partial charge on any atom is -0.270 e. The first-order valence-corrected chi connectivity index (χ1v) is 7.78. The molecule has 0 aromatic rings. The smallest absolute Gasteiger partial charge is 0.264 e. The number of hydrogen-bond acceptors (Lipinski definition) is 5. The molecule has 14 heavy (non-hydrogen) atoms. The second-order valence-corrected chi connectivity index (χ2v) is 7.43. The standard InChI is InChI=1S/C7H16O5S2/c1-4-14(10,11)7(2)5-6-12-13(3,8)9/h7H,4-6H2,1-3H3. The lowest BCUT2D eigenvalue weighted by atomic mass is 10.3. The Hall–Kier alpha value is -0.140. The first kappa shape index (κ1) is 13.9. The Kier molecular flexibility index (Phi) is 5.03. The van der Waals surface area contributed by atoms with Gasteiger partial charge in [0.15, 0.2) is 9.84 Å². The Bertz CT molecular complexity index is 354. The van der Waals surface area contributed by atoms with E-state index in [2.05, 4.69) is 4.18 Å². The van der Waals surface area contributed by atoms with Crippen molar-refractivity contribution in [3.05, 3.63) is 0 Å². The predicted molar refractivity (Wildman–Crippen MR) is 54.3 cm³/mol. The van der Waals surface area contributed by atoms with Crippen molar-refractivity contribution < 1.29 is 21.0 Å². The van der Waals surface area contributed by atoms with E-state index in [0.29, 0.717) is 0 Å². The highest BCUT2D eigenvalue weighted by atomic mass is 32.2. The molecule has 0 aromatic carbocycles. The molecule has 0 heterocycles. The monoisotopic (exact) mass is 244 g/mol. The molecule has 0 aliphatic heterocycles. The minimum atomic E-state index is -3.47. The van der Waals surface area contributed by atoms with Gasteiger partial charge in [0.2, 0.25) is 0 Å². The Labute approximate surface area is 85.5 Å². The van der Waals surface area contributed by atoms with Crippen molar-refractivity contribution in [3.63, 3.8) is 0 Å². The summed E-state index contributed by atoms with van der Waals surface area (Å²) >= 11 is 0. The van der Waals surface area contributed by atoms with Gasteiger partial charge in [-0.3, -0.25) is 4.18 Å². The summed E-state index contributed by atoms with van der Waals surface area (Å²) in [6.45, 7) is 3.02. The zero-order chi connectivity index (χ0) is 11.4. The molecule has 0 bridgehead atoms. The van der Waals surface area contributed by atoms with Crippen LogP contribution in [0.15, 0.2) is 0 Å². The van der Waals surface area contributed by atoms with Crippen molar-refractivity contribution >= 4 is 20.0 Å². The maximum Gasteiger partial charge on any atom is 0.264 e. The van der Waals surface area contributed by atoms with Gasteiger partial charge in [0, 0.05) is 5.75 Å². The lowest BCUT2D eigenvalue weighted by Gasteiger charge is -2.10. The molecular formula is C7H16O5S2. The number of hydrogen-bond donors (Lipinski definition) is 0. The van der Waals surface area contributed by atoms with E-state index in [4.69, 9.17) is 0 Å². The van der Waals surface area contributed by atoms with E-state index in [1.54, 1.807) is 13.8 Å². The molecule has 0 aliphatic carbocycles. The molecule has 1 atom stereocenters. The fraction of sp³-hybridized carbons (Fsp3) is 1.00. The van der Waals surface area contributed by atoms with Gasteiger partial charge in [0.25, 0.3) is 10.1 Å². The normalized spacial score (nSPS) is 15.4. The maximum atomic E-state index is 11.2. The summed E-state index contributed by atoms with van der Waals surface area (Å²) in [5.41, 5.74) is 0. The molecule has 0 fully saturated rings. The van der Waals surface area contributed by atoms with Crippen LogP contribution in [-0.2, 0) is 24.1 Å². The SMILES string of the molecule is CCS(=O)(=O)C(C)CCOS(C)(=O)=O. The Morgan fingerprint density at radius 2 is 1.71 bits per heavy atom. The number of sulfone groups is 1. The summed E-state index contributed by atoms with van der Waals surface area (Å²) in [6, 6.07) is 0. The molecule has 0 amide bonds. The summed E-state index contributed by atoms with van der Waals surface area (Å²) in [7, 11) is -6.56. The predicted octanol–water partition coefficient (Wildman–Crippen LogP) is 0.176. The van der Waals surface area contributed by atoms with Gasteiger partial charge in [-0.1, -0.05) is 6.92 Å². The molecular weight excluding hydrogens is 228 g/mol. The van der Waals surface area contributed by atoms with E-state index in [9.17, 15) is 16.8 Å². The Morgan fingerprint density at radius 1 is 1.21 bits per heavy atom. The average molecular weight is 244 g/mol. The van der Waals surface area contributed by atoms with Gasteiger partial charge in [-0.25, -0.2) is 8.42 Å². The summed E-state index contributed by atoms with van der Waals surface area (Å²) in [5.74, 6) is 0.0625. The van der Waals surface area contributed by atoms with Crippen LogP contribution in [0.3, 0.4) is 0 Å². The van der Waals surface area contributed by atoms with Gasteiger partial charge in [-0.2, -0.15) is 8.42 Å². The molecule has 5 nitrogen and oxygen atoms in total. The number of rotatable bonds is 6. The van der Waals surface area contributed by atoms with E-state index in [0.717, 1.165) is 6.26 Å². The van der Waals surface area contributed by atoms with Crippen LogP contribution in [-0.4, -0.2) is 40.7 Å². The van der Waals surface area contributed by atoms with E-state index in [-0.39, 0.29) is 18.8 Å². The highest BCUT2D eigenvalue weighted by molar-refractivity contribution is 7.91. The van der Waals surface area contributed by atoms with E-state index >= 15 is 0 Å². The Morgan fingerprint density at radius 3 is 2.07 bits per heavy atom. The first-order chi connectivity index (χ1) is 6.19. The fourth-order valence-electron chi connectivity index (χ4n) is 0.830. The van der Waals surface area contributed by atoms with Crippen LogP contribution in [0.4, 0.5) is 0 Å². The minimum absolute atomic E-state index is 0.0625. The van der Waals surface area contributed by atoms with Crippen LogP contribution in [0.5, 0.6) is 0 Å². The van der Waals surface area contributed by atoms with Crippen LogP contribution < -0.4 is 0 Å². The van der Waals surface area contributed by atoms with Crippen molar-refractivity contribution in [3.8, 4) is 0 Å². The van der Waals surface area contributed by atoms with Gasteiger partial charge < -0.3 is 0 Å². The van der Waals surface area contributed by atoms with E-state index < -0.39 is 25.2 Å². The fourth-order valence-corrected chi connectivity index (χ4v) is 2.25. The third-order valence-electron chi connectivity index (χ3n) is 1.84. The zero-order valence-corrected chi connectivity index (χ0v) is 10.2. The highest BCUT2D eigenvalue weighted by Gasteiger charge is 2.18. The van der Waals surface area contributed by atoms with Crippen LogP contribution in [0.25, 0.3) is 0 Å². The lowest BCUT2D eigenvalue weighted by molar-refractivity contribution is 0.314. The molecule has 0 rings (SSSR count). The first-order valence-electron chi connectivity index (χ1n) is 4.25. The molecule has 0 spiro atoms. The molecule has 0 saturated carbocycles. The summed E-state index contributed by atoms with van der Waals surface area (Å²) in [6.07, 6.45) is 1.13. The molecule has 0 aromatic heterocycles. The van der Waals surface area contributed by atoms with E-state index in [1.165, 1.54) is 0 Å². The third-order valence-corrected chi connectivity index (χ3v) is 4.70. The largest absolute Gasteiger partial charge is 0.270 e. The van der Waals surface area contributed by atoms with E-state index in [1.807, 2.05) is 0 Å². The van der Waals surface area contributed by atoms with Crippen molar-refractivity contribution in [1.29, 1.82) is 0 Å². The molecule has 0 radical (unpaired) electrons. The van der Waals surface area contributed by atoms with Gasteiger partial charge in [0.1, 0.15) is 0 Å². The third kappa shape index (κ3) is 5.56. The van der Waals surface area contributed by atoms with Gasteiger partial charge in [-0.05, 0) is 13.3 Å². The van der Waals surface area contributed by atoms with Crippen LogP contribution >= 0.6 is 0 Å². The molecule has 7 heteroatoms. The second-order valence-electron chi connectivity index (χ2n) is 3.08. The lowest BCUT2D eigenvalue weighted by Crippen LogP contribution is -2.22. The molecule has 0 aliphatic rings. The van der Waals surface area contributed by atoms with Gasteiger partial charge >= 0.3 is 0 Å². The van der Waals surface area contributed by atoms with Crippen molar-refractivity contribution in [2.24, 2.45) is 0 Å². The van der Waals surface area contributed by atoms with Crippen molar-refractivity contribution in [1.82, 2.24) is 0 Å². The molecule has 0 N–H and O–H groups in total. The van der Waals surface area contributed by atoms with Crippen molar-refractivity contribution in [2.75, 3.05) is 18.6 Å². The van der Waals surface area contributed by atoms with Crippen LogP contribution in [0.2, 0.25) is 0 Å². The second kappa shape index (κ2) is 5.09. The summed E-state index contributed by atoms with van der Waals surface area (Å²) < 4.78 is 48.1. The quantitative estimate of drug-likeness (QED) is 0.623. The van der Waals surface area contributed by atoms with Crippen LogP contribution in [0.1, 0.15) is 20.3 Å².